The summed E-state index contributed by atoms with van der Waals surface area (Å²) in [5, 5.41) is 13.8. The predicted molar refractivity (Wildman–Crippen MR) is 112 cm³/mol. The summed E-state index contributed by atoms with van der Waals surface area (Å²) in [6, 6.07) is 13.0. The topological polar surface area (TPSA) is 99.1 Å². The number of benzene rings is 2. The zero-order valence-corrected chi connectivity index (χ0v) is 17.8. The third-order valence-electron chi connectivity index (χ3n) is 5.12. The van der Waals surface area contributed by atoms with Crippen LogP contribution >= 0.6 is 0 Å². The lowest BCUT2D eigenvalue weighted by Crippen LogP contribution is -2.54. The molecule has 0 radical (unpaired) electrons. The van der Waals surface area contributed by atoms with Gasteiger partial charge in [0, 0.05) is 0 Å². The second-order valence-electron chi connectivity index (χ2n) is 7.83. The largest absolute Gasteiger partial charge is 0.407 e. The van der Waals surface area contributed by atoms with Crippen LogP contribution in [0.15, 0.2) is 60.7 Å². The molecule has 0 bridgehead atoms. The average Bonchev–Trinajstić information content (AvgIpc) is 3.51. The van der Waals surface area contributed by atoms with E-state index in [0.717, 1.165) is 0 Å². The minimum atomic E-state index is -4.78. The molecule has 0 aromatic heterocycles. The Labute approximate surface area is 184 Å². The molecule has 0 unspecified atom stereocenters. The van der Waals surface area contributed by atoms with E-state index in [0.29, 0.717) is 18.4 Å². The zero-order chi connectivity index (χ0) is 23.4. The zero-order valence-electron chi connectivity index (χ0n) is 17.0. The van der Waals surface area contributed by atoms with Gasteiger partial charge in [-0.2, -0.15) is 18.4 Å². The number of alkyl halides is 3. The molecule has 3 rings (SSSR count). The lowest BCUT2D eigenvalue weighted by Gasteiger charge is -2.28. The first kappa shape index (κ1) is 23.8. The molecule has 2 atom stereocenters. The fourth-order valence-corrected chi connectivity index (χ4v) is 4.85. The van der Waals surface area contributed by atoms with Crippen LogP contribution in [-0.4, -0.2) is 37.8 Å². The van der Waals surface area contributed by atoms with Crippen LogP contribution in [-0.2, 0) is 20.4 Å². The Balaban J connectivity index is 1.87. The maximum atomic E-state index is 13.8. The van der Waals surface area contributed by atoms with Crippen molar-refractivity contribution in [2.24, 2.45) is 0 Å². The molecule has 0 spiro atoms. The highest BCUT2D eigenvalue weighted by Gasteiger charge is 2.48. The van der Waals surface area contributed by atoms with E-state index in [4.69, 9.17) is 0 Å². The van der Waals surface area contributed by atoms with Gasteiger partial charge in [-0.3, -0.25) is 10.1 Å². The van der Waals surface area contributed by atoms with Crippen LogP contribution in [0.1, 0.15) is 30.0 Å². The molecule has 2 N–H and O–H groups in total. The van der Waals surface area contributed by atoms with Gasteiger partial charge in [-0.1, -0.05) is 60.7 Å². The highest BCUT2D eigenvalue weighted by Crippen LogP contribution is 2.35. The fraction of sp³-hybridized carbons (Fsp3) is 0.364. The van der Waals surface area contributed by atoms with Gasteiger partial charge in [0.05, 0.1) is 17.6 Å². The minimum Gasteiger partial charge on any atom is -0.336 e. The summed E-state index contributed by atoms with van der Waals surface area (Å²) in [5.41, 5.74) is -0.849. The molecular formula is C22H22F3N3O3S. The normalized spacial score (nSPS) is 17.1. The molecule has 1 aliphatic rings. The maximum absolute atomic E-state index is 13.8. The van der Waals surface area contributed by atoms with E-state index in [2.05, 4.69) is 10.6 Å². The van der Waals surface area contributed by atoms with E-state index in [9.17, 15) is 31.6 Å². The predicted octanol–water partition coefficient (Wildman–Crippen LogP) is 3.04. The summed E-state index contributed by atoms with van der Waals surface area (Å²) in [6.45, 7) is 0. The van der Waals surface area contributed by atoms with Crippen molar-refractivity contribution in [3.05, 3.63) is 71.8 Å². The number of amides is 1. The number of halogens is 3. The number of nitriles is 1. The monoisotopic (exact) mass is 465 g/mol. The molecule has 0 heterocycles. The van der Waals surface area contributed by atoms with Crippen LogP contribution in [0.2, 0.25) is 0 Å². The number of carbonyl (C=O) groups excluding carboxylic acids is 1. The van der Waals surface area contributed by atoms with Crippen LogP contribution in [0.4, 0.5) is 13.2 Å². The standard InChI is InChI=1S/C22H22F3N3O3S/c23-22(24,25)19(17-9-5-2-6-10-17)27-18(20(29)28-21(15-26)11-12-21)14-32(30,31)13-16-7-3-1-4-8-16/h1-10,18-19,27H,11-14H2,(H,28,29)/t18-,19-/m0/s1. The summed E-state index contributed by atoms with van der Waals surface area (Å²) in [7, 11) is -3.97. The van der Waals surface area contributed by atoms with Crippen molar-refractivity contribution in [3.63, 3.8) is 0 Å². The number of sulfone groups is 1. The summed E-state index contributed by atoms with van der Waals surface area (Å²) >= 11 is 0. The van der Waals surface area contributed by atoms with Gasteiger partial charge in [0.25, 0.3) is 0 Å². The van der Waals surface area contributed by atoms with Crippen LogP contribution in [0.3, 0.4) is 0 Å². The van der Waals surface area contributed by atoms with Gasteiger partial charge in [-0.05, 0) is 24.0 Å². The SMILES string of the molecule is N#CC1(NC(=O)[C@H](CS(=O)(=O)Cc2ccccc2)N[C@@H](c2ccccc2)C(F)(F)F)CC1. The van der Waals surface area contributed by atoms with Gasteiger partial charge in [0.1, 0.15) is 17.6 Å². The minimum absolute atomic E-state index is 0.153. The fourth-order valence-electron chi connectivity index (χ4n) is 3.28. The van der Waals surface area contributed by atoms with Crippen molar-refractivity contribution >= 4 is 15.7 Å². The second-order valence-corrected chi connectivity index (χ2v) is 9.94. The van der Waals surface area contributed by atoms with Crippen LogP contribution in [0.25, 0.3) is 0 Å². The van der Waals surface area contributed by atoms with E-state index in [-0.39, 0.29) is 5.56 Å². The summed E-state index contributed by atoms with van der Waals surface area (Å²) in [6.07, 6.45) is -4.06. The third kappa shape index (κ3) is 6.31. The first-order valence-electron chi connectivity index (χ1n) is 9.89. The number of nitrogens with zero attached hydrogens (tertiary/aromatic N) is 1. The van der Waals surface area contributed by atoms with Gasteiger partial charge in [-0.25, -0.2) is 8.42 Å². The lowest BCUT2D eigenvalue weighted by atomic mass is 10.1. The Morgan fingerprint density at radius 3 is 2.12 bits per heavy atom. The first-order chi connectivity index (χ1) is 15.0. The maximum Gasteiger partial charge on any atom is 0.407 e. The molecule has 170 valence electrons. The summed E-state index contributed by atoms with van der Waals surface area (Å²) < 4.78 is 67.0. The van der Waals surface area contributed by atoms with E-state index in [1.54, 1.807) is 36.4 Å². The Morgan fingerprint density at radius 2 is 1.62 bits per heavy atom. The van der Waals surface area contributed by atoms with Crippen molar-refractivity contribution < 1.29 is 26.4 Å². The Hall–Kier alpha value is -2.90. The Morgan fingerprint density at radius 1 is 1.06 bits per heavy atom. The van der Waals surface area contributed by atoms with E-state index < -0.39 is 51.0 Å². The molecule has 6 nitrogen and oxygen atoms in total. The molecule has 10 heteroatoms. The molecule has 0 saturated heterocycles. The van der Waals surface area contributed by atoms with Crippen LogP contribution in [0.5, 0.6) is 0 Å². The number of nitrogens with one attached hydrogen (secondary N) is 2. The van der Waals surface area contributed by atoms with Gasteiger partial charge in [-0.15, -0.1) is 0 Å². The van der Waals surface area contributed by atoms with Crippen molar-refractivity contribution in [2.75, 3.05) is 5.75 Å². The van der Waals surface area contributed by atoms with E-state index in [1.807, 2.05) is 6.07 Å². The first-order valence-corrected chi connectivity index (χ1v) is 11.7. The molecule has 1 aliphatic carbocycles. The molecule has 1 saturated carbocycles. The Bertz CT molecular complexity index is 1080. The smallest absolute Gasteiger partial charge is 0.336 e. The average molecular weight is 465 g/mol. The molecule has 2 aromatic carbocycles. The third-order valence-corrected chi connectivity index (χ3v) is 6.74. The van der Waals surface area contributed by atoms with Crippen molar-refractivity contribution in [3.8, 4) is 6.07 Å². The van der Waals surface area contributed by atoms with E-state index in [1.165, 1.54) is 24.3 Å². The number of hydrogen-bond acceptors (Lipinski definition) is 5. The molecule has 1 fully saturated rings. The molecule has 0 aliphatic heterocycles. The molecule has 2 aromatic rings. The quantitative estimate of drug-likeness (QED) is 0.593. The van der Waals surface area contributed by atoms with Gasteiger partial charge in [0.2, 0.25) is 5.91 Å². The van der Waals surface area contributed by atoms with Crippen molar-refractivity contribution in [1.82, 2.24) is 10.6 Å². The van der Waals surface area contributed by atoms with Gasteiger partial charge in [0.15, 0.2) is 9.84 Å². The molecule has 32 heavy (non-hydrogen) atoms. The number of carbonyl (C=O) groups is 1. The van der Waals surface area contributed by atoms with Crippen LogP contribution in [0, 0.1) is 11.3 Å². The van der Waals surface area contributed by atoms with Gasteiger partial charge < -0.3 is 5.32 Å². The molecule has 1 amide bonds. The molecular weight excluding hydrogens is 443 g/mol. The highest BCUT2D eigenvalue weighted by atomic mass is 32.2. The summed E-state index contributed by atoms with van der Waals surface area (Å²) in [4.78, 5) is 12.8. The second kappa shape index (κ2) is 9.30. The van der Waals surface area contributed by atoms with Crippen molar-refractivity contribution in [1.29, 1.82) is 5.26 Å². The number of hydrogen-bond donors (Lipinski definition) is 2. The lowest BCUT2D eigenvalue weighted by molar-refractivity contribution is -0.160. The van der Waals surface area contributed by atoms with Crippen LogP contribution < -0.4 is 10.6 Å². The highest BCUT2D eigenvalue weighted by molar-refractivity contribution is 7.90. The van der Waals surface area contributed by atoms with Crippen molar-refractivity contribution in [2.45, 2.75) is 42.4 Å². The Kier molecular flexibility index (Phi) is 6.91. The summed E-state index contributed by atoms with van der Waals surface area (Å²) in [5.74, 6) is -2.23. The van der Waals surface area contributed by atoms with Gasteiger partial charge >= 0.3 is 6.18 Å². The van der Waals surface area contributed by atoms with E-state index >= 15 is 0 Å². The number of rotatable bonds is 9.